The molecule has 0 aliphatic rings. The Morgan fingerprint density at radius 2 is 1.90 bits per heavy atom. The fraction of sp³-hybridized carbons (Fsp3) is 0.300. The monoisotopic (exact) mass is 441 g/mol. The quantitative estimate of drug-likeness (QED) is 0.521. The second-order valence-electron chi connectivity index (χ2n) is 6.53. The molecular formula is C20H22ClF2N3O2S. The lowest BCUT2D eigenvalue weighted by atomic mass is 10.3. The largest absolute Gasteiger partial charge is 0.481 e. The van der Waals surface area contributed by atoms with Gasteiger partial charge in [0, 0.05) is 6.54 Å². The maximum Gasteiger partial charge on any atom is 0.266 e. The minimum atomic E-state index is -0.523. The number of halogens is 3. The zero-order chi connectivity index (χ0) is 20.1. The summed E-state index contributed by atoms with van der Waals surface area (Å²) in [5, 5.41) is 0.474. The number of aromatic nitrogens is 1. The molecular weight excluding hydrogens is 420 g/mol. The molecule has 9 heteroatoms. The Morgan fingerprint density at radius 3 is 2.62 bits per heavy atom. The molecule has 0 aliphatic carbocycles. The van der Waals surface area contributed by atoms with Gasteiger partial charge in [0.25, 0.3) is 5.91 Å². The van der Waals surface area contributed by atoms with Crippen LogP contribution in [-0.4, -0.2) is 49.6 Å². The predicted octanol–water partition coefficient (Wildman–Crippen LogP) is 4.36. The van der Waals surface area contributed by atoms with Crippen LogP contribution in [0.5, 0.6) is 5.75 Å². The van der Waals surface area contributed by atoms with E-state index in [0.29, 0.717) is 21.9 Å². The van der Waals surface area contributed by atoms with Gasteiger partial charge < -0.3 is 9.64 Å². The van der Waals surface area contributed by atoms with Gasteiger partial charge in [0.15, 0.2) is 23.3 Å². The van der Waals surface area contributed by atoms with Crippen LogP contribution in [-0.2, 0) is 4.79 Å². The minimum absolute atomic E-state index is 0. The topological polar surface area (TPSA) is 45.7 Å². The summed E-state index contributed by atoms with van der Waals surface area (Å²) in [5.74, 6) is -1.18. The SMILES string of the molecule is CN(C)CCCN(C(=O)COc1ccccc1F)c1nc2ccc(F)cc2s1.Cl. The van der Waals surface area contributed by atoms with Gasteiger partial charge in [-0.3, -0.25) is 9.69 Å². The van der Waals surface area contributed by atoms with Crippen molar-refractivity contribution in [1.82, 2.24) is 9.88 Å². The lowest BCUT2D eigenvalue weighted by molar-refractivity contribution is -0.120. The molecule has 0 N–H and O–H groups in total. The van der Waals surface area contributed by atoms with E-state index < -0.39 is 5.82 Å². The van der Waals surface area contributed by atoms with Gasteiger partial charge in [0.1, 0.15) is 5.82 Å². The van der Waals surface area contributed by atoms with Gasteiger partial charge in [0.05, 0.1) is 10.2 Å². The summed E-state index contributed by atoms with van der Waals surface area (Å²) in [6.45, 7) is 0.907. The van der Waals surface area contributed by atoms with Crippen molar-refractivity contribution in [3.8, 4) is 5.75 Å². The Bertz CT molecular complexity index is 968. The Balaban J connectivity index is 0.00000300. The number of ether oxygens (including phenoxy) is 1. The van der Waals surface area contributed by atoms with Crippen molar-refractivity contribution in [3.05, 3.63) is 54.1 Å². The Labute approximate surface area is 178 Å². The number of nitrogens with zero attached hydrogens (tertiary/aromatic N) is 3. The van der Waals surface area contributed by atoms with Gasteiger partial charge in [-0.2, -0.15) is 0 Å². The summed E-state index contributed by atoms with van der Waals surface area (Å²) in [6.07, 6.45) is 0.725. The summed E-state index contributed by atoms with van der Waals surface area (Å²) in [6, 6.07) is 10.3. The average Bonchev–Trinajstić information content (AvgIpc) is 3.06. The summed E-state index contributed by atoms with van der Waals surface area (Å²) >= 11 is 1.24. The molecule has 3 rings (SSSR count). The normalized spacial score (nSPS) is 10.8. The molecule has 0 radical (unpaired) electrons. The summed E-state index contributed by atoms with van der Waals surface area (Å²) in [4.78, 5) is 20.8. The van der Waals surface area contributed by atoms with Crippen LogP contribution in [0.15, 0.2) is 42.5 Å². The molecule has 1 heterocycles. The molecule has 2 aromatic carbocycles. The molecule has 0 aliphatic heterocycles. The molecule has 0 unspecified atom stereocenters. The van der Waals surface area contributed by atoms with Crippen LogP contribution in [0.25, 0.3) is 10.2 Å². The molecule has 1 amide bonds. The number of thiazole rings is 1. The van der Waals surface area contributed by atoms with E-state index in [2.05, 4.69) is 4.98 Å². The van der Waals surface area contributed by atoms with Crippen molar-refractivity contribution in [1.29, 1.82) is 0 Å². The lowest BCUT2D eigenvalue weighted by Crippen LogP contribution is -2.37. The van der Waals surface area contributed by atoms with Crippen LogP contribution >= 0.6 is 23.7 Å². The molecule has 0 saturated heterocycles. The van der Waals surface area contributed by atoms with E-state index >= 15 is 0 Å². The van der Waals surface area contributed by atoms with Crippen molar-refractivity contribution in [3.63, 3.8) is 0 Å². The molecule has 0 fully saturated rings. The standard InChI is InChI=1S/C20H21F2N3O2S.ClH/c1-24(2)10-5-11-25(19(26)13-27-17-7-4-3-6-15(17)22)20-23-16-9-8-14(21)12-18(16)28-20;/h3-4,6-9,12H,5,10-11,13H2,1-2H3;1H. The first-order chi connectivity index (χ1) is 13.4. The van der Waals surface area contributed by atoms with E-state index in [4.69, 9.17) is 4.74 Å². The minimum Gasteiger partial charge on any atom is -0.481 e. The van der Waals surface area contributed by atoms with Gasteiger partial charge in [-0.25, -0.2) is 13.8 Å². The van der Waals surface area contributed by atoms with E-state index in [9.17, 15) is 13.6 Å². The number of anilines is 1. The first-order valence-electron chi connectivity index (χ1n) is 8.82. The highest BCUT2D eigenvalue weighted by Crippen LogP contribution is 2.29. The smallest absolute Gasteiger partial charge is 0.266 e. The van der Waals surface area contributed by atoms with E-state index in [0.717, 1.165) is 13.0 Å². The number of carbonyl (C=O) groups excluding carboxylic acids is 1. The summed E-state index contributed by atoms with van der Waals surface area (Å²) in [5.41, 5.74) is 0.627. The van der Waals surface area contributed by atoms with Crippen LogP contribution in [0.4, 0.5) is 13.9 Å². The summed E-state index contributed by atoms with van der Waals surface area (Å²) in [7, 11) is 3.90. The third kappa shape index (κ3) is 6.09. The molecule has 5 nitrogen and oxygen atoms in total. The number of benzene rings is 2. The van der Waals surface area contributed by atoms with Crippen molar-refractivity contribution in [2.24, 2.45) is 0 Å². The number of hydrogen-bond acceptors (Lipinski definition) is 5. The predicted molar refractivity (Wildman–Crippen MR) is 114 cm³/mol. The van der Waals surface area contributed by atoms with E-state index in [1.54, 1.807) is 18.2 Å². The van der Waals surface area contributed by atoms with Crippen molar-refractivity contribution >= 4 is 45.0 Å². The number of hydrogen-bond donors (Lipinski definition) is 0. The fourth-order valence-electron chi connectivity index (χ4n) is 2.65. The van der Waals surface area contributed by atoms with Gasteiger partial charge in [0.2, 0.25) is 0 Å². The average molecular weight is 442 g/mol. The molecule has 29 heavy (non-hydrogen) atoms. The van der Waals surface area contributed by atoms with Crippen LogP contribution in [0.2, 0.25) is 0 Å². The maximum absolute atomic E-state index is 13.7. The molecule has 156 valence electrons. The Hall–Kier alpha value is -2.29. The number of rotatable bonds is 8. The lowest BCUT2D eigenvalue weighted by Gasteiger charge is -2.21. The highest BCUT2D eigenvalue weighted by atomic mass is 35.5. The Morgan fingerprint density at radius 1 is 1.14 bits per heavy atom. The number of fused-ring (bicyclic) bond motifs is 1. The highest BCUT2D eigenvalue weighted by Gasteiger charge is 2.21. The third-order valence-corrected chi connectivity index (χ3v) is 5.09. The molecule has 0 spiro atoms. The fourth-order valence-corrected chi connectivity index (χ4v) is 3.69. The maximum atomic E-state index is 13.7. The Kier molecular flexibility index (Phi) is 8.31. The van der Waals surface area contributed by atoms with Crippen molar-refractivity contribution in [2.75, 3.05) is 38.7 Å². The molecule has 0 bridgehead atoms. The van der Waals surface area contributed by atoms with Crippen LogP contribution in [0, 0.1) is 11.6 Å². The molecule has 1 aromatic heterocycles. The van der Waals surface area contributed by atoms with Gasteiger partial charge in [-0.1, -0.05) is 23.5 Å². The highest BCUT2D eigenvalue weighted by molar-refractivity contribution is 7.22. The number of para-hydroxylation sites is 1. The van der Waals surface area contributed by atoms with Crippen LogP contribution < -0.4 is 9.64 Å². The van der Waals surface area contributed by atoms with Crippen LogP contribution in [0.3, 0.4) is 0 Å². The zero-order valence-electron chi connectivity index (χ0n) is 16.1. The number of amides is 1. The summed E-state index contributed by atoms with van der Waals surface area (Å²) < 4.78 is 33.2. The first kappa shape index (κ1) is 23.0. The number of carbonyl (C=O) groups is 1. The molecule has 3 aromatic rings. The van der Waals surface area contributed by atoms with Crippen molar-refractivity contribution in [2.45, 2.75) is 6.42 Å². The van der Waals surface area contributed by atoms with E-state index in [1.165, 1.54) is 40.5 Å². The second-order valence-corrected chi connectivity index (χ2v) is 7.54. The second kappa shape index (κ2) is 10.5. The molecule has 0 atom stereocenters. The van der Waals surface area contributed by atoms with Gasteiger partial charge in [-0.15, -0.1) is 12.4 Å². The van der Waals surface area contributed by atoms with Gasteiger partial charge in [-0.05, 0) is 57.4 Å². The first-order valence-corrected chi connectivity index (χ1v) is 9.64. The molecule has 0 saturated carbocycles. The third-order valence-electron chi connectivity index (χ3n) is 4.05. The zero-order valence-corrected chi connectivity index (χ0v) is 17.7. The van der Waals surface area contributed by atoms with Crippen molar-refractivity contribution < 1.29 is 18.3 Å². The van der Waals surface area contributed by atoms with Gasteiger partial charge >= 0.3 is 0 Å². The van der Waals surface area contributed by atoms with E-state index in [1.807, 2.05) is 19.0 Å². The van der Waals surface area contributed by atoms with Crippen LogP contribution in [0.1, 0.15) is 6.42 Å². The van der Waals surface area contributed by atoms with E-state index in [-0.39, 0.29) is 36.5 Å².